The molecule has 1 aromatic carbocycles. The highest BCUT2D eigenvalue weighted by molar-refractivity contribution is 5.40. The number of hydrogen-bond donors (Lipinski definition) is 1. The van der Waals surface area contributed by atoms with Crippen molar-refractivity contribution in [3.63, 3.8) is 0 Å². The molecule has 0 heterocycles. The van der Waals surface area contributed by atoms with Gasteiger partial charge in [-0.05, 0) is 12.8 Å². The van der Waals surface area contributed by atoms with Crippen molar-refractivity contribution in [3.8, 4) is 0 Å². The van der Waals surface area contributed by atoms with Crippen LogP contribution in [0.5, 0.6) is 0 Å². The van der Waals surface area contributed by atoms with Crippen LogP contribution in [0.15, 0.2) is 24.3 Å². The third-order valence-electron chi connectivity index (χ3n) is 2.19. The topological polar surface area (TPSA) is 69.2 Å². The minimum atomic E-state index is -0.363. The Labute approximate surface area is 82.9 Å². The lowest BCUT2D eigenvalue weighted by molar-refractivity contribution is -0.385. The molecular weight excluding hydrogens is 180 g/mol. The van der Waals surface area contributed by atoms with E-state index in [2.05, 4.69) is 0 Å². The second kappa shape index (κ2) is 4.72. The Morgan fingerprint density at radius 1 is 1.50 bits per heavy atom. The first-order valence-corrected chi connectivity index (χ1v) is 4.63. The first-order chi connectivity index (χ1) is 6.65. The van der Waals surface area contributed by atoms with E-state index in [0.717, 1.165) is 6.42 Å². The number of nitro benzene ring substituents is 1. The molecule has 0 aliphatic heterocycles. The van der Waals surface area contributed by atoms with Gasteiger partial charge in [-0.25, -0.2) is 0 Å². The summed E-state index contributed by atoms with van der Waals surface area (Å²) in [5.74, 6) is 0. The summed E-state index contributed by atoms with van der Waals surface area (Å²) in [7, 11) is 0. The van der Waals surface area contributed by atoms with Crippen molar-refractivity contribution in [1.82, 2.24) is 0 Å². The van der Waals surface area contributed by atoms with Crippen LogP contribution in [0.1, 0.15) is 18.9 Å². The highest BCUT2D eigenvalue weighted by atomic mass is 16.6. The molecule has 4 heteroatoms. The van der Waals surface area contributed by atoms with Crippen LogP contribution in [0.2, 0.25) is 0 Å². The van der Waals surface area contributed by atoms with Crippen LogP contribution in [0, 0.1) is 10.1 Å². The summed E-state index contributed by atoms with van der Waals surface area (Å²) in [4.78, 5) is 10.3. The fourth-order valence-electron chi connectivity index (χ4n) is 1.29. The summed E-state index contributed by atoms with van der Waals surface area (Å²) in [6.45, 7) is 1.97. The normalized spacial score (nSPS) is 12.4. The van der Waals surface area contributed by atoms with Gasteiger partial charge < -0.3 is 5.73 Å². The molecule has 0 radical (unpaired) electrons. The quantitative estimate of drug-likeness (QED) is 0.587. The molecule has 0 aromatic heterocycles. The predicted octanol–water partition coefficient (Wildman–Crippen LogP) is 1.87. The van der Waals surface area contributed by atoms with Crippen LogP contribution in [0.4, 0.5) is 5.69 Å². The molecule has 4 nitrogen and oxygen atoms in total. The molecule has 14 heavy (non-hydrogen) atoms. The zero-order chi connectivity index (χ0) is 10.6. The number of nitro groups is 1. The van der Waals surface area contributed by atoms with Gasteiger partial charge >= 0.3 is 0 Å². The highest BCUT2D eigenvalue weighted by Gasteiger charge is 2.13. The molecule has 0 spiro atoms. The first-order valence-electron chi connectivity index (χ1n) is 4.63. The Bertz CT molecular complexity index is 326. The van der Waals surface area contributed by atoms with E-state index in [-0.39, 0.29) is 16.7 Å². The molecule has 0 aliphatic carbocycles. The average molecular weight is 194 g/mol. The van der Waals surface area contributed by atoms with Gasteiger partial charge in [-0.3, -0.25) is 10.1 Å². The van der Waals surface area contributed by atoms with E-state index >= 15 is 0 Å². The van der Waals surface area contributed by atoms with Gasteiger partial charge in [0.25, 0.3) is 5.69 Å². The molecule has 0 aliphatic rings. The fraction of sp³-hybridized carbons (Fsp3) is 0.400. The van der Waals surface area contributed by atoms with Crippen LogP contribution >= 0.6 is 0 Å². The predicted molar refractivity (Wildman–Crippen MR) is 55.1 cm³/mol. The summed E-state index contributed by atoms with van der Waals surface area (Å²) >= 11 is 0. The number of para-hydroxylation sites is 1. The van der Waals surface area contributed by atoms with Crippen molar-refractivity contribution in [3.05, 3.63) is 39.9 Å². The van der Waals surface area contributed by atoms with E-state index in [4.69, 9.17) is 5.73 Å². The van der Waals surface area contributed by atoms with Gasteiger partial charge in [-0.15, -0.1) is 0 Å². The third-order valence-corrected chi connectivity index (χ3v) is 2.19. The van der Waals surface area contributed by atoms with E-state index < -0.39 is 0 Å². The maximum atomic E-state index is 10.7. The lowest BCUT2D eigenvalue weighted by Gasteiger charge is -2.08. The monoisotopic (exact) mass is 194 g/mol. The molecule has 0 fully saturated rings. The lowest BCUT2D eigenvalue weighted by atomic mass is 10.0. The zero-order valence-corrected chi connectivity index (χ0v) is 8.14. The van der Waals surface area contributed by atoms with Crippen molar-refractivity contribution in [1.29, 1.82) is 0 Å². The first kappa shape index (κ1) is 10.7. The SMILES string of the molecule is CCC(N)Cc1ccccc1[N+](=O)[O-]. The minimum absolute atomic E-state index is 0.00361. The van der Waals surface area contributed by atoms with E-state index in [1.807, 2.05) is 6.92 Å². The van der Waals surface area contributed by atoms with E-state index in [1.165, 1.54) is 6.07 Å². The Balaban J connectivity index is 2.90. The average Bonchev–Trinajstić information content (AvgIpc) is 2.18. The van der Waals surface area contributed by atoms with Crippen LogP contribution < -0.4 is 5.73 Å². The van der Waals surface area contributed by atoms with Gasteiger partial charge in [-0.1, -0.05) is 25.1 Å². The van der Waals surface area contributed by atoms with Crippen molar-refractivity contribution < 1.29 is 4.92 Å². The van der Waals surface area contributed by atoms with E-state index in [1.54, 1.807) is 18.2 Å². The van der Waals surface area contributed by atoms with Gasteiger partial charge in [0, 0.05) is 17.7 Å². The molecule has 0 saturated carbocycles. The minimum Gasteiger partial charge on any atom is -0.327 e. The maximum absolute atomic E-state index is 10.7. The molecule has 1 aromatic rings. The largest absolute Gasteiger partial charge is 0.327 e. The van der Waals surface area contributed by atoms with Crippen molar-refractivity contribution in [2.45, 2.75) is 25.8 Å². The molecule has 2 N–H and O–H groups in total. The van der Waals surface area contributed by atoms with Crippen LogP contribution in [-0.2, 0) is 6.42 Å². The van der Waals surface area contributed by atoms with Crippen molar-refractivity contribution >= 4 is 5.69 Å². The molecular formula is C10H14N2O2. The summed E-state index contributed by atoms with van der Waals surface area (Å²) in [5, 5.41) is 10.7. The van der Waals surface area contributed by atoms with E-state index in [0.29, 0.717) is 12.0 Å². The number of hydrogen-bond acceptors (Lipinski definition) is 3. The third kappa shape index (κ3) is 2.53. The molecule has 0 bridgehead atoms. The maximum Gasteiger partial charge on any atom is 0.272 e. The number of nitrogens with zero attached hydrogens (tertiary/aromatic N) is 1. The Morgan fingerprint density at radius 3 is 2.71 bits per heavy atom. The van der Waals surface area contributed by atoms with Crippen LogP contribution in [0.25, 0.3) is 0 Å². The number of nitrogens with two attached hydrogens (primary N) is 1. The highest BCUT2D eigenvalue weighted by Crippen LogP contribution is 2.19. The standard InChI is InChI=1S/C10H14N2O2/c1-2-9(11)7-8-5-3-4-6-10(8)12(13)14/h3-6,9H,2,7,11H2,1H3. The molecule has 1 rings (SSSR count). The zero-order valence-electron chi connectivity index (χ0n) is 8.14. The van der Waals surface area contributed by atoms with Crippen LogP contribution in [0.3, 0.4) is 0 Å². The summed E-state index contributed by atoms with van der Waals surface area (Å²) in [6, 6.07) is 6.73. The number of benzene rings is 1. The smallest absolute Gasteiger partial charge is 0.272 e. The van der Waals surface area contributed by atoms with Crippen molar-refractivity contribution in [2.24, 2.45) is 5.73 Å². The molecule has 1 unspecified atom stereocenters. The summed E-state index contributed by atoms with van der Waals surface area (Å²) < 4.78 is 0. The summed E-state index contributed by atoms with van der Waals surface area (Å²) in [6.07, 6.45) is 1.39. The van der Waals surface area contributed by atoms with Gasteiger partial charge in [0.2, 0.25) is 0 Å². The fourth-order valence-corrected chi connectivity index (χ4v) is 1.29. The molecule has 0 amide bonds. The van der Waals surface area contributed by atoms with Crippen molar-refractivity contribution in [2.75, 3.05) is 0 Å². The molecule has 76 valence electrons. The summed E-state index contributed by atoms with van der Waals surface area (Å²) in [5.41, 5.74) is 6.63. The Hall–Kier alpha value is -1.42. The van der Waals surface area contributed by atoms with Crippen LogP contribution in [-0.4, -0.2) is 11.0 Å². The lowest BCUT2D eigenvalue weighted by Crippen LogP contribution is -2.21. The van der Waals surface area contributed by atoms with Gasteiger partial charge in [0.15, 0.2) is 0 Å². The number of rotatable bonds is 4. The Kier molecular flexibility index (Phi) is 3.59. The van der Waals surface area contributed by atoms with Gasteiger partial charge in [-0.2, -0.15) is 0 Å². The molecule has 0 saturated heterocycles. The molecule has 1 atom stereocenters. The van der Waals surface area contributed by atoms with Gasteiger partial charge in [0.05, 0.1) is 4.92 Å². The Morgan fingerprint density at radius 2 is 2.14 bits per heavy atom. The second-order valence-electron chi connectivity index (χ2n) is 3.26. The van der Waals surface area contributed by atoms with Gasteiger partial charge in [0.1, 0.15) is 0 Å². The second-order valence-corrected chi connectivity index (χ2v) is 3.26. The van der Waals surface area contributed by atoms with E-state index in [9.17, 15) is 10.1 Å².